The normalized spacial score (nSPS) is 10.9. The smallest absolute Gasteiger partial charge is 0.372 e. The van der Waals surface area contributed by atoms with Gasteiger partial charge in [-0.2, -0.15) is 0 Å². The zero-order chi connectivity index (χ0) is 13.2. The lowest BCUT2D eigenvalue weighted by molar-refractivity contribution is 0.0661. The Bertz CT molecular complexity index is 736. The van der Waals surface area contributed by atoms with Gasteiger partial charge in [-0.05, 0) is 6.07 Å². The van der Waals surface area contributed by atoms with E-state index >= 15 is 0 Å². The largest absolute Gasteiger partial charge is 0.475 e. The number of rotatable bonds is 4. The summed E-state index contributed by atoms with van der Waals surface area (Å²) in [6, 6.07) is 1.64. The van der Waals surface area contributed by atoms with Crippen LogP contribution in [0.1, 0.15) is 16.1 Å². The monoisotopic (exact) mass is 276 g/mol. The Morgan fingerprint density at radius 1 is 1.42 bits per heavy atom. The number of fused-ring (bicyclic) bond motifs is 1. The van der Waals surface area contributed by atoms with E-state index in [0.717, 1.165) is 10.5 Å². The van der Waals surface area contributed by atoms with Crippen LogP contribution in [-0.4, -0.2) is 31.0 Å². The van der Waals surface area contributed by atoms with Gasteiger partial charge < -0.3 is 14.5 Å². The molecule has 0 bridgehead atoms. The van der Waals surface area contributed by atoms with Crippen molar-refractivity contribution in [3.8, 4) is 0 Å². The van der Waals surface area contributed by atoms with E-state index in [4.69, 9.17) is 9.52 Å². The Labute approximate surface area is 111 Å². The maximum atomic E-state index is 10.9. The molecule has 0 spiro atoms. The maximum absolute atomic E-state index is 10.9. The van der Waals surface area contributed by atoms with Crippen LogP contribution in [0, 0.1) is 0 Å². The second-order valence-electron chi connectivity index (χ2n) is 3.65. The first-order valence-electron chi connectivity index (χ1n) is 5.32. The van der Waals surface area contributed by atoms with Crippen molar-refractivity contribution in [2.45, 2.75) is 10.8 Å². The highest BCUT2D eigenvalue weighted by atomic mass is 32.2. The third-order valence-corrected chi connectivity index (χ3v) is 3.53. The van der Waals surface area contributed by atoms with Crippen molar-refractivity contribution < 1.29 is 14.3 Å². The van der Waals surface area contributed by atoms with E-state index < -0.39 is 5.97 Å². The standard InChI is InChI=1S/C11H8N4O3S/c16-11(17)8-6(1-2-18-8)3-19-10-7-9(13-4-12-7)14-5-15-10/h1-2,4-5H,3H2,(H,16,17)(H,12,13,14,15). The molecular weight excluding hydrogens is 268 g/mol. The summed E-state index contributed by atoms with van der Waals surface area (Å²) >= 11 is 1.40. The molecule has 3 aromatic heterocycles. The van der Waals surface area contributed by atoms with Crippen molar-refractivity contribution in [2.75, 3.05) is 0 Å². The SMILES string of the molecule is O=C(O)c1occc1CSc1ncnc2nc[nH]c12. The van der Waals surface area contributed by atoms with Crippen molar-refractivity contribution in [2.24, 2.45) is 0 Å². The molecule has 96 valence electrons. The van der Waals surface area contributed by atoms with Gasteiger partial charge in [-0.25, -0.2) is 19.7 Å². The molecule has 0 aliphatic rings. The van der Waals surface area contributed by atoms with Crippen molar-refractivity contribution in [1.82, 2.24) is 19.9 Å². The first-order valence-corrected chi connectivity index (χ1v) is 6.31. The van der Waals surface area contributed by atoms with Gasteiger partial charge in [-0.1, -0.05) is 11.8 Å². The van der Waals surface area contributed by atoms with Crippen LogP contribution in [0.4, 0.5) is 0 Å². The molecule has 0 aromatic carbocycles. The van der Waals surface area contributed by atoms with Gasteiger partial charge in [0, 0.05) is 11.3 Å². The minimum absolute atomic E-state index is 0.0394. The van der Waals surface area contributed by atoms with Gasteiger partial charge in [0.2, 0.25) is 5.76 Å². The lowest BCUT2D eigenvalue weighted by atomic mass is 10.3. The first kappa shape index (κ1) is 11.7. The molecule has 0 unspecified atom stereocenters. The summed E-state index contributed by atoms with van der Waals surface area (Å²) < 4.78 is 4.92. The van der Waals surface area contributed by atoms with Gasteiger partial charge in [-0.3, -0.25) is 0 Å². The summed E-state index contributed by atoms with van der Waals surface area (Å²) in [4.78, 5) is 26.1. The van der Waals surface area contributed by atoms with E-state index in [1.807, 2.05) is 0 Å². The van der Waals surface area contributed by atoms with Crippen LogP contribution in [0.15, 0.2) is 34.4 Å². The fourth-order valence-corrected chi connectivity index (χ4v) is 2.57. The summed E-state index contributed by atoms with van der Waals surface area (Å²) in [5.74, 6) is -0.666. The number of carbonyl (C=O) groups is 1. The van der Waals surface area contributed by atoms with Crippen LogP contribution in [0.5, 0.6) is 0 Å². The molecule has 8 heteroatoms. The number of thioether (sulfide) groups is 1. The van der Waals surface area contributed by atoms with Gasteiger partial charge in [0.05, 0.1) is 12.6 Å². The molecule has 19 heavy (non-hydrogen) atoms. The minimum atomic E-state index is -1.07. The van der Waals surface area contributed by atoms with E-state index in [1.54, 1.807) is 12.4 Å². The number of hydrogen-bond donors (Lipinski definition) is 2. The topological polar surface area (TPSA) is 105 Å². The van der Waals surface area contributed by atoms with Crippen LogP contribution in [0.25, 0.3) is 11.2 Å². The molecule has 0 aliphatic heterocycles. The van der Waals surface area contributed by atoms with Crippen LogP contribution >= 0.6 is 11.8 Å². The number of furan rings is 1. The van der Waals surface area contributed by atoms with E-state index in [9.17, 15) is 4.79 Å². The summed E-state index contributed by atoms with van der Waals surface area (Å²) in [6.45, 7) is 0. The highest BCUT2D eigenvalue weighted by Crippen LogP contribution is 2.27. The average molecular weight is 276 g/mol. The summed E-state index contributed by atoms with van der Waals surface area (Å²) in [6.07, 6.45) is 4.34. The number of aromatic carboxylic acids is 1. The van der Waals surface area contributed by atoms with Crippen molar-refractivity contribution in [3.63, 3.8) is 0 Å². The van der Waals surface area contributed by atoms with Gasteiger partial charge in [0.1, 0.15) is 16.9 Å². The molecular formula is C11H8N4O3S. The second-order valence-corrected chi connectivity index (χ2v) is 4.61. The molecule has 0 fully saturated rings. The maximum Gasteiger partial charge on any atom is 0.372 e. The molecule has 2 N–H and O–H groups in total. The molecule has 0 atom stereocenters. The molecule has 3 heterocycles. The highest BCUT2D eigenvalue weighted by molar-refractivity contribution is 7.98. The lowest BCUT2D eigenvalue weighted by Gasteiger charge is -2.00. The number of aromatic amines is 1. The lowest BCUT2D eigenvalue weighted by Crippen LogP contribution is -1.97. The number of hydrogen-bond acceptors (Lipinski definition) is 6. The fraction of sp³-hybridized carbons (Fsp3) is 0.0909. The Hall–Kier alpha value is -2.35. The third-order valence-electron chi connectivity index (χ3n) is 2.49. The second kappa shape index (κ2) is 4.73. The molecule has 3 rings (SSSR count). The number of H-pyrrole nitrogens is 1. The molecule has 0 amide bonds. The number of carboxylic acids is 1. The average Bonchev–Trinajstić information content (AvgIpc) is 3.04. The molecule has 0 radical (unpaired) electrons. The van der Waals surface area contributed by atoms with Crippen molar-refractivity contribution in [3.05, 3.63) is 36.3 Å². The van der Waals surface area contributed by atoms with E-state index in [-0.39, 0.29) is 5.76 Å². The van der Waals surface area contributed by atoms with Crippen LogP contribution in [-0.2, 0) is 5.75 Å². The van der Waals surface area contributed by atoms with Crippen LogP contribution < -0.4 is 0 Å². The zero-order valence-electron chi connectivity index (χ0n) is 9.53. The molecule has 0 saturated carbocycles. The first-order chi connectivity index (χ1) is 9.25. The Morgan fingerprint density at radius 2 is 2.32 bits per heavy atom. The Morgan fingerprint density at radius 3 is 3.16 bits per heavy atom. The Balaban J connectivity index is 1.84. The molecule has 7 nitrogen and oxygen atoms in total. The van der Waals surface area contributed by atoms with Gasteiger partial charge >= 0.3 is 5.97 Å². The number of imidazole rings is 1. The van der Waals surface area contributed by atoms with Crippen LogP contribution in [0.2, 0.25) is 0 Å². The van der Waals surface area contributed by atoms with Crippen LogP contribution in [0.3, 0.4) is 0 Å². The fourth-order valence-electron chi connectivity index (χ4n) is 1.64. The molecule has 0 aliphatic carbocycles. The predicted molar refractivity (Wildman–Crippen MR) is 66.9 cm³/mol. The number of nitrogens with one attached hydrogen (secondary N) is 1. The van der Waals surface area contributed by atoms with E-state index in [2.05, 4.69) is 19.9 Å². The molecule has 3 aromatic rings. The third kappa shape index (κ3) is 2.17. The van der Waals surface area contributed by atoms with Gasteiger partial charge in [-0.15, -0.1) is 0 Å². The quantitative estimate of drug-likeness (QED) is 0.554. The minimum Gasteiger partial charge on any atom is -0.475 e. The highest BCUT2D eigenvalue weighted by Gasteiger charge is 2.15. The van der Waals surface area contributed by atoms with Crippen molar-refractivity contribution >= 4 is 28.9 Å². The Kier molecular flexibility index (Phi) is 2.92. The molecule has 0 saturated heterocycles. The number of nitrogens with zero attached hydrogens (tertiary/aromatic N) is 3. The van der Waals surface area contributed by atoms with E-state index in [1.165, 1.54) is 24.4 Å². The van der Waals surface area contributed by atoms with E-state index in [0.29, 0.717) is 17.0 Å². The number of carboxylic acid groups (broad SMARTS) is 1. The van der Waals surface area contributed by atoms with Gasteiger partial charge in [0.25, 0.3) is 0 Å². The summed E-state index contributed by atoms with van der Waals surface area (Å²) in [5, 5.41) is 9.67. The zero-order valence-corrected chi connectivity index (χ0v) is 10.3. The van der Waals surface area contributed by atoms with Crippen molar-refractivity contribution in [1.29, 1.82) is 0 Å². The summed E-state index contributed by atoms with van der Waals surface area (Å²) in [5.41, 5.74) is 1.94. The van der Waals surface area contributed by atoms with Gasteiger partial charge in [0.15, 0.2) is 5.65 Å². The summed E-state index contributed by atoms with van der Waals surface area (Å²) in [7, 11) is 0. The number of aromatic nitrogens is 4. The predicted octanol–water partition coefficient (Wildman–Crippen LogP) is 1.94.